The van der Waals surface area contributed by atoms with Gasteiger partial charge in [-0.25, -0.2) is 9.18 Å². The predicted octanol–water partition coefficient (Wildman–Crippen LogP) is 2.98. The van der Waals surface area contributed by atoms with Gasteiger partial charge in [-0.3, -0.25) is 15.1 Å². The van der Waals surface area contributed by atoms with Crippen LogP contribution in [0.25, 0.3) is 22.0 Å². The highest BCUT2D eigenvalue weighted by Gasteiger charge is 2.23. The van der Waals surface area contributed by atoms with Crippen molar-refractivity contribution in [2.24, 2.45) is 7.05 Å². The lowest BCUT2D eigenvalue weighted by Gasteiger charge is -2.13. The third-order valence-electron chi connectivity index (χ3n) is 4.78. The van der Waals surface area contributed by atoms with E-state index in [1.54, 1.807) is 29.9 Å². The molecule has 1 amide bonds. The van der Waals surface area contributed by atoms with E-state index in [1.165, 1.54) is 32.5 Å². The van der Waals surface area contributed by atoms with E-state index >= 15 is 0 Å². The fraction of sp³-hybridized carbons (Fsp3) is 0.227. The fourth-order valence-electron chi connectivity index (χ4n) is 3.17. The van der Waals surface area contributed by atoms with Gasteiger partial charge in [-0.05, 0) is 18.2 Å². The van der Waals surface area contributed by atoms with E-state index in [2.05, 4.69) is 20.5 Å². The Morgan fingerprint density at radius 1 is 1.26 bits per heavy atom. The summed E-state index contributed by atoms with van der Waals surface area (Å²) in [6.07, 6.45) is 3.05. The van der Waals surface area contributed by atoms with E-state index in [4.69, 9.17) is 18.6 Å². The molecule has 0 aliphatic carbocycles. The average Bonchev–Trinajstić information content (AvgIpc) is 3.44. The number of carbonyl (C=O) groups is 1. The highest BCUT2D eigenvalue weighted by Crippen LogP contribution is 2.34. The Morgan fingerprint density at radius 2 is 2.09 bits per heavy atom. The van der Waals surface area contributed by atoms with Gasteiger partial charge >= 0.3 is 5.63 Å². The second kappa shape index (κ2) is 10.4. The van der Waals surface area contributed by atoms with Gasteiger partial charge < -0.3 is 23.2 Å². The maximum Gasteiger partial charge on any atom is 0.379 e. The van der Waals surface area contributed by atoms with Gasteiger partial charge in [0.1, 0.15) is 23.7 Å². The van der Waals surface area contributed by atoms with Crippen LogP contribution in [0, 0.1) is 5.82 Å². The van der Waals surface area contributed by atoms with Crippen molar-refractivity contribution in [3.05, 3.63) is 58.7 Å². The maximum atomic E-state index is 14.0. The summed E-state index contributed by atoms with van der Waals surface area (Å²) in [7, 11) is 4.61. The Bertz CT molecular complexity index is 1400. The molecule has 13 heteroatoms. The monoisotopic (exact) mass is 501 g/mol. The number of aromatic nitrogens is 4. The van der Waals surface area contributed by atoms with Crippen LogP contribution in [0.5, 0.6) is 11.5 Å². The molecule has 0 aromatic carbocycles. The second-order valence-corrected chi connectivity index (χ2v) is 8.00. The number of methoxy groups -OCH3 is 2. The molecule has 0 spiro atoms. The van der Waals surface area contributed by atoms with Crippen molar-refractivity contribution >= 4 is 22.4 Å². The molecule has 4 heterocycles. The van der Waals surface area contributed by atoms with Gasteiger partial charge in [0.2, 0.25) is 10.9 Å². The second-order valence-electron chi connectivity index (χ2n) is 7.03. The number of nitrogens with one attached hydrogen (secondary N) is 1. The molecule has 0 aliphatic heterocycles. The van der Waals surface area contributed by atoms with Gasteiger partial charge in [-0.2, -0.15) is 0 Å². The van der Waals surface area contributed by atoms with E-state index in [0.29, 0.717) is 5.75 Å². The smallest absolute Gasteiger partial charge is 0.379 e. The first-order valence-corrected chi connectivity index (χ1v) is 11.0. The molecule has 0 atom stereocenters. The first-order valence-electron chi connectivity index (χ1n) is 10.2. The average molecular weight is 501 g/mol. The Hall–Kier alpha value is -4.10. The molecule has 0 aliphatic rings. The number of nitrogens with zero attached hydrogens (tertiary/aromatic N) is 4. The van der Waals surface area contributed by atoms with Crippen LogP contribution in [0.1, 0.15) is 10.6 Å². The van der Waals surface area contributed by atoms with Gasteiger partial charge in [-0.1, -0.05) is 11.3 Å². The van der Waals surface area contributed by atoms with Gasteiger partial charge in [0.15, 0.2) is 16.6 Å². The lowest BCUT2D eigenvalue weighted by Crippen LogP contribution is -2.18. The molecule has 0 fully saturated rings. The predicted molar refractivity (Wildman–Crippen MR) is 124 cm³/mol. The summed E-state index contributed by atoms with van der Waals surface area (Å²) in [5.41, 5.74) is -0.178. The molecule has 0 radical (unpaired) electrons. The molecular formula is C22H20FN5O6S. The van der Waals surface area contributed by atoms with E-state index < -0.39 is 17.3 Å². The highest BCUT2D eigenvalue weighted by molar-refractivity contribution is 7.18. The van der Waals surface area contributed by atoms with Crippen LogP contribution >= 0.6 is 11.3 Å². The van der Waals surface area contributed by atoms with Crippen molar-refractivity contribution in [1.29, 1.82) is 0 Å². The summed E-state index contributed by atoms with van der Waals surface area (Å²) in [6, 6.07) is 5.94. The Kier molecular flexibility index (Phi) is 7.17. The molecule has 182 valence electrons. The largest absolute Gasteiger partial charge is 0.494 e. The minimum Gasteiger partial charge on any atom is -0.494 e. The lowest BCUT2D eigenvalue weighted by atomic mass is 10.1. The van der Waals surface area contributed by atoms with E-state index in [0.717, 1.165) is 11.3 Å². The van der Waals surface area contributed by atoms with Gasteiger partial charge in [-0.15, -0.1) is 10.2 Å². The molecule has 4 rings (SSSR count). The number of hydrogen-bond acceptors (Lipinski definition) is 10. The number of amides is 1. The number of pyridine rings is 1. The Balaban J connectivity index is 1.68. The third kappa shape index (κ3) is 5.05. The summed E-state index contributed by atoms with van der Waals surface area (Å²) in [5.74, 6) is -1.34. The highest BCUT2D eigenvalue weighted by atomic mass is 32.1. The first kappa shape index (κ1) is 24.0. The summed E-state index contributed by atoms with van der Waals surface area (Å²) in [5, 5.41) is 10.7. The zero-order chi connectivity index (χ0) is 24.9. The third-order valence-corrected chi connectivity index (χ3v) is 5.63. The first-order chi connectivity index (χ1) is 16.9. The normalized spacial score (nSPS) is 10.9. The molecule has 35 heavy (non-hydrogen) atoms. The quantitative estimate of drug-likeness (QED) is 0.344. The molecule has 0 saturated carbocycles. The van der Waals surface area contributed by atoms with Crippen LogP contribution in [-0.4, -0.2) is 53.1 Å². The summed E-state index contributed by atoms with van der Waals surface area (Å²) < 4.78 is 36.7. The van der Waals surface area contributed by atoms with E-state index in [1.807, 2.05) is 0 Å². The Morgan fingerprint density at radius 3 is 2.80 bits per heavy atom. The number of hydrogen-bond donors (Lipinski definition) is 1. The zero-order valence-electron chi connectivity index (χ0n) is 18.9. The molecule has 1 N–H and O–H groups in total. The topological polar surface area (TPSA) is 131 Å². The molecule has 4 aromatic rings. The SMILES string of the molecule is COCCOc1c(-c2ncccc2OC)cc(C(=O)Nc2nnc(-c3c(F)ccn3C)s2)oc1=O. The molecule has 0 unspecified atom stereocenters. The van der Waals surface area contributed by atoms with Crippen molar-refractivity contribution in [2.75, 3.05) is 32.8 Å². The molecule has 0 bridgehead atoms. The number of carbonyl (C=O) groups excluding carboxylic acids is 1. The Labute approximate surface area is 202 Å². The van der Waals surface area contributed by atoms with Crippen LogP contribution in [0.4, 0.5) is 9.52 Å². The van der Waals surface area contributed by atoms with Gasteiger partial charge in [0, 0.05) is 32.6 Å². The van der Waals surface area contributed by atoms with Gasteiger partial charge in [0.25, 0.3) is 5.91 Å². The number of aryl methyl sites for hydroxylation is 1. The van der Waals surface area contributed by atoms with Crippen molar-refractivity contribution in [3.8, 4) is 33.5 Å². The van der Waals surface area contributed by atoms with Crippen LogP contribution in [0.3, 0.4) is 0 Å². The molecular weight excluding hydrogens is 481 g/mol. The zero-order valence-corrected chi connectivity index (χ0v) is 19.7. The molecule has 0 saturated heterocycles. The van der Waals surface area contributed by atoms with Crippen LogP contribution in [0.15, 0.2) is 45.9 Å². The van der Waals surface area contributed by atoms with E-state index in [-0.39, 0.29) is 51.8 Å². The van der Waals surface area contributed by atoms with Crippen LogP contribution in [0.2, 0.25) is 0 Å². The summed E-state index contributed by atoms with van der Waals surface area (Å²) in [6.45, 7) is 0.291. The van der Waals surface area contributed by atoms with E-state index in [9.17, 15) is 14.0 Å². The van der Waals surface area contributed by atoms with Gasteiger partial charge in [0.05, 0.1) is 19.3 Å². The van der Waals surface area contributed by atoms with Crippen molar-refractivity contribution < 1.29 is 27.8 Å². The number of anilines is 1. The standard InChI is InChI=1S/C22H20FN5O6S/c1-28-8-6-13(23)17(28)20-26-27-22(35-20)25-19(29)15-11-12(16-14(32-3)5-4-7-24-16)18(21(30)34-15)33-10-9-31-2/h4-8,11H,9-10H2,1-3H3,(H,25,27,29). The number of ether oxygens (including phenoxy) is 3. The van der Waals surface area contributed by atoms with Crippen LogP contribution < -0.4 is 20.4 Å². The fourth-order valence-corrected chi connectivity index (χ4v) is 4.00. The number of halogens is 1. The summed E-state index contributed by atoms with van der Waals surface area (Å²) in [4.78, 5) is 30.0. The summed E-state index contributed by atoms with van der Waals surface area (Å²) >= 11 is 0.964. The molecule has 4 aromatic heterocycles. The van der Waals surface area contributed by atoms with Crippen LogP contribution in [-0.2, 0) is 11.8 Å². The minimum absolute atomic E-state index is 0.0677. The van der Waals surface area contributed by atoms with Crippen molar-refractivity contribution in [3.63, 3.8) is 0 Å². The van der Waals surface area contributed by atoms with Crippen molar-refractivity contribution in [1.82, 2.24) is 19.7 Å². The number of rotatable bonds is 9. The lowest BCUT2D eigenvalue weighted by molar-refractivity contribution is 0.0990. The molecule has 11 nitrogen and oxygen atoms in total. The minimum atomic E-state index is -0.889. The van der Waals surface area contributed by atoms with Crippen molar-refractivity contribution in [2.45, 2.75) is 0 Å². The maximum absolute atomic E-state index is 14.0.